The predicted octanol–water partition coefficient (Wildman–Crippen LogP) is 3.35. The third-order valence-corrected chi connectivity index (χ3v) is 5.00. The van der Waals surface area contributed by atoms with Crippen molar-refractivity contribution >= 4 is 22.9 Å². The molecular weight excluding hydrogens is 252 g/mol. The Balaban J connectivity index is 2.00. The van der Waals surface area contributed by atoms with Gasteiger partial charge in [0.25, 0.3) is 0 Å². The van der Waals surface area contributed by atoms with Crippen LogP contribution < -0.4 is 5.73 Å². The fourth-order valence-corrected chi connectivity index (χ4v) is 3.99. The molecule has 2 nitrogen and oxygen atoms in total. The van der Waals surface area contributed by atoms with Gasteiger partial charge in [-0.05, 0) is 44.0 Å². The number of thiophene rings is 1. The van der Waals surface area contributed by atoms with Crippen LogP contribution >= 0.6 is 22.9 Å². The maximum absolute atomic E-state index is 5.98. The molecule has 2 atom stereocenters. The minimum atomic E-state index is 0.672. The molecule has 1 aromatic heterocycles. The minimum absolute atomic E-state index is 0.672. The zero-order valence-electron chi connectivity index (χ0n) is 10.4. The Hall–Kier alpha value is -0.0900. The smallest absolute Gasteiger partial charge is 0.0931 e. The number of nitrogens with zero attached hydrogens (tertiary/aromatic N) is 1. The molecule has 0 bridgehead atoms. The lowest BCUT2D eigenvalue weighted by Crippen LogP contribution is -2.39. The Morgan fingerprint density at radius 2 is 2.29 bits per heavy atom. The lowest BCUT2D eigenvalue weighted by atomic mass is 10.0. The first-order valence-corrected chi connectivity index (χ1v) is 7.62. The van der Waals surface area contributed by atoms with Crippen molar-refractivity contribution in [3.05, 3.63) is 21.3 Å². The van der Waals surface area contributed by atoms with Gasteiger partial charge < -0.3 is 5.73 Å². The van der Waals surface area contributed by atoms with Gasteiger partial charge in [0.05, 0.1) is 4.34 Å². The first-order valence-electron chi connectivity index (χ1n) is 6.43. The van der Waals surface area contributed by atoms with Crippen LogP contribution in [0.3, 0.4) is 0 Å². The van der Waals surface area contributed by atoms with Crippen LogP contribution in [0.1, 0.15) is 31.1 Å². The molecule has 2 N–H and O–H groups in total. The summed E-state index contributed by atoms with van der Waals surface area (Å²) in [5, 5.41) is 0. The maximum Gasteiger partial charge on any atom is 0.0931 e. The Kier molecular flexibility index (Phi) is 4.86. The summed E-state index contributed by atoms with van der Waals surface area (Å²) in [6, 6.07) is 4.80. The van der Waals surface area contributed by atoms with Gasteiger partial charge in [-0.2, -0.15) is 0 Å². The van der Waals surface area contributed by atoms with Crippen molar-refractivity contribution < 1.29 is 0 Å². The molecule has 0 radical (unpaired) electrons. The van der Waals surface area contributed by atoms with E-state index < -0.39 is 0 Å². The molecule has 4 heteroatoms. The van der Waals surface area contributed by atoms with E-state index in [0.29, 0.717) is 12.0 Å². The average molecular weight is 273 g/mol. The largest absolute Gasteiger partial charge is 0.330 e. The van der Waals surface area contributed by atoms with Gasteiger partial charge in [0.1, 0.15) is 0 Å². The van der Waals surface area contributed by atoms with Crippen molar-refractivity contribution in [3.63, 3.8) is 0 Å². The zero-order chi connectivity index (χ0) is 12.3. The van der Waals surface area contributed by atoms with Gasteiger partial charge in [0.2, 0.25) is 0 Å². The molecule has 0 aliphatic heterocycles. The van der Waals surface area contributed by atoms with Crippen molar-refractivity contribution in [2.24, 2.45) is 11.7 Å². The molecule has 1 heterocycles. The van der Waals surface area contributed by atoms with Gasteiger partial charge in [-0.3, -0.25) is 4.90 Å². The topological polar surface area (TPSA) is 29.3 Å². The van der Waals surface area contributed by atoms with Crippen molar-refractivity contribution in [3.8, 4) is 0 Å². The van der Waals surface area contributed by atoms with E-state index in [1.807, 2.05) is 6.07 Å². The van der Waals surface area contributed by atoms with Gasteiger partial charge in [-0.15, -0.1) is 11.3 Å². The van der Waals surface area contributed by atoms with Crippen LogP contribution in [0.25, 0.3) is 0 Å². The number of halogens is 1. The lowest BCUT2D eigenvalue weighted by molar-refractivity contribution is 0.163. The standard InChI is InChI=1S/C13H21ClN2S/c1-2-16(9-11-6-7-13(14)17-11)12-5-3-4-10(12)8-15/h6-7,10,12H,2-5,8-9,15H2,1H3. The van der Waals surface area contributed by atoms with Crippen molar-refractivity contribution in [2.45, 2.75) is 38.8 Å². The highest BCUT2D eigenvalue weighted by Gasteiger charge is 2.30. The quantitative estimate of drug-likeness (QED) is 0.891. The molecule has 96 valence electrons. The fourth-order valence-electron chi connectivity index (χ4n) is 2.87. The molecule has 1 aliphatic rings. The summed E-state index contributed by atoms with van der Waals surface area (Å²) in [5.41, 5.74) is 5.87. The number of hydrogen-bond acceptors (Lipinski definition) is 3. The van der Waals surface area contributed by atoms with Crippen LogP contribution in [0.15, 0.2) is 12.1 Å². The normalized spacial score (nSPS) is 24.7. The molecule has 0 spiro atoms. The molecule has 0 saturated heterocycles. The van der Waals surface area contributed by atoms with E-state index in [2.05, 4.69) is 17.9 Å². The van der Waals surface area contributed by atoms with Crippen LogP contribution in [0, 0.1) is 5.92 Å². The summed E-state index contributed by atoms with van der Waals surface area (Å²) < 4.78 is 0.887. The number of rotatable bonds is 5. The molecule has 17 heavy (non-hydrogen) atoms. The van der Waals surface area contributed by atoms with E-state index in [9.17, 15) is 0 Å². The highest BCUT2D eigenvalue weighted by Crippen LogP contribution is 2.31. The molecule has 1 fully saturated rings. The highest BCUT2D eigenvalue weighted by atomic mass is 35.5. The fraction of sp³-hybridized carbons (Fsp3) is 0.692. The Labute approximate surface area is 113 Å². The number of nitrogens with two attached hydrogens (primary N) is 1. The first kappa shape index (κ1) is 13.3. The Morgan fingerprint density at radius 1 is 1.47 bits per heavy atom. The second-order valence-electron chi connectivity index (χ2n) is 4.76. The van der Waals surface area contributed by atoms with Crippen LogP contribution in [-0.2, 0) is 6.54 Å². The third-order valence-electron chi connectivity index (χ3n) is 3.78. The Bertz CT molecular complexity index is 353. The summed E-state index contributed by atoms with van der Waals surface area (Å²) in [6.45, 7) is 5.18. The van der Waals surface area contributed by atoms with Gasteiger partial charge in [-0.25, -0.2) is 0 Å². The molecule has 2 unspecified atom stereocenters. The van der Waals surface area contributed by atoms with Crippen LogP contribution in [-0.4, -0.2) is 24.0 Å². The minimum Gasteiger partial charge on any atom is -0.330 e. The van der Waals surface area contributed by atoms with Crippen LogP contribution in [0.5, 0.6) is 0 Å². The van der Waals surface area contributed by atoms with Gasteiger partial charge in [-0.1, -0.05) is 24.9 Å². The maximum atomic E-state index is 5.98. The summed E-state index contributed by atoms with van der Waals surface area (Å²) in [5.74, 6) is 0.686. The summed E-state index contributed by atoms with van der Waals surface area (Å²) >= 11 is 7.67. The molecule has 2 rings (SSSR count). The molecule has 1 aromatic rings. The third kappa shape index (κ3) is 3.22. The molecule has 1 saturated carbocycles. The van der Waals surface area contributed by atoms with E-state index >= 15 is 0 Å². The predicted molar refractivity (Wildman–Crippen MR) is 75.6 cm³/mol. The van der Waals surface area contributed by atoms with Crippen molar-refractivity contribution in [2.75, 3.05) is 13.1 Å². The highest BCUT2D eigenvalue weighted by molar-refractivity contribution is 7.16. The summed E-state index contributed by atoms with van der Waals surface area (Å²) in [7, 11) is 0. The van der Waals surface area contributed by atoms with Crippen molar-refractivity contribution in [1.82, 2.24) is 4.90 Å². The van der Waals surface area contributed by atoms with Crippen molar-refractivity contribution in [1.29, 1.82) is 0 Å². The first-order chi connectivity index (χ1) is 8.24. The van der Waals surface area contributed by atoms with Crippen LogP contribution in [0.4, 0.5) is 0 Å². The van der Waals surface area contributed by atoms with Gasteiger partial charge in [0.15, 0.2) is 0 Å². The Morgan fingerprint density at radius 3 is 2.88 bits per heavy atom. The second-order valence-corrected chi connectivity index (χ2v) is 6.56. The second kappa shape index (κ2) is 6.19. The summed E-state index contributed by atoms with van der Waals surface area (Å²) in [4.78, 5) is 3.92. The molecular formula is C13H21ClN2S. The van der Waals surface area contributed by atoms with E-state index in [1.165, 1.54) is 24.1 Å². The monoisotopic (exact) mass is 272 g/mol. The van der Waals surface area contributed by atoms with E-state index in [0.717, 1.165) is 24.0 Å². The summed E-state index contributed by atoms with van der Waals surface area (Å²) in [6.07, 6.45) is 3.92. The SMILES string of the molecule is CCN(Cc1ccc(Cl)s1)C1CCCC1CN. The zero-order valence-corrected chi connectivity index (χ0v) is 11.9. The molecule has 0 aromatic carbocycles. The van der Waals surface area contributed by atoms with E-state index in [4.69, 9.17) is 17.3 Å². The molecule has 0 amide bonds. The van der Waals surface area contributed by atoms with Gasteiger partial charge in [0, 0.05) is 17.5 Å². The van der Waals surface area contributed by atoms with Gasteiger partial charge >= 0.3 is 0 Å². The lowest BCUT2D eigenvalue weighted by Gasteiger charge is -2.31. The van der Waals surface area contributed by atoms with E-state index in [1.54, 1.807) is 11.3 Å². The number of hydrogen-bond donors (Lipinski definition) is 1. The average Bonchev–Trinajstić information content (AvgIpc) is 2.94. The van der Waals surface area contributed by atoms with Crippen LogP contribution in [0.2, 0.25) is 4.34 Å². The van der Waals surface area contributed by atoms with E-state index in [-0.39, 0.29) is 0 Å². The molecule has 1 aliphatic carbocycles.